The highest BCUT2D eigenvalue weighted by Gasteiger charge is 2.27. The van der Waals surface area contributed by atoms with Gasteiger partial charge in [-0.05, 0) is 47.5 Å². The standard InChI is InChI=1S/C27H26Cl2N4O4S/c1-18(2)27-31-25(32-37-27)14-19-8-12-22(13-9-19)30-26(34)17-33(16-20-10-11-21(28)15-24(20)29)38(35,36)23-6-4-3-5-7-23/h3-13,15,18H,14,16-17H2,1-2H3,(H,30,34). The lowest BCUT2D eigenvalue weighted by atomic mass is 10.1. The van der Waals surface area contributed by atoms with Crippen LogP contribution in [0.2, 0.25) is 10.0 Å². The first-order valence-electron chi connectivity index (χ1n) is 11.8. The molecule has 11 heteroatoms. The molecule has 1 heterocycles. The van der Waals surface area contributed by atoms with Crippen LogP contribution in [0.3, 0.4) is 0 Å². The predicted molar refractivity (Wildman–Crippen MR) is 147 cm³/mol. The van der Waals surface area contributed by atoms with E-state index in [1.54, 1.807) is 42.5 Å². The molecule has 0 aliphatic heterocycles. The first-order chi connectivity index (χ1) is 18.1. The van der Waals surface area contributed by atoms with E-state index >= 15 is 0 Å². The van der Waals surface area contributed by atoms with Crippen LogP contribution in [0.1, 0.15) is 42.6 Å². The van der Waals surface area contributed by atoms with Crippen LogP contribution in [-0.2, 0) is 27.8 Å². The van der Waals surface area contributed by atoms with E-state index in [0.29, 0.717) is 39.4 Å². The minimum absolute atomic E-state index is 0.0735. The van der Waals surface area contributed by atoms with Crippen LogP contribution in [0, 0.1) is 0 Å². The van der Waals surface area contributed by atoms with Gasteiger partial charge in [-0.3, -0.25) is 4.79 Å². The molecule has 4 rings (SSSR count). The molecule has 0 saturated carbocycles. The van der Waals surface area contributed by atoms with Gasteiger partial charge in [-0.1, -0.05) is 78.6 Å². The number of hydrogen-bond donors (Lipinski definition) is 1. The van der Waals surface area contributed by atoms with Crippen molar-refractivity contribution in [2.45, 2.75) is 37.6 Å². The lowest BCUT2D eigenvalue weighted by molar-refractivity contribution is -0.116. The van der Waals surface area contributed by atoms with Gasteiger partial charge in [0.1, 0.15) is 0 Å². The van der Waals surface area contributed by atoms with Crippen LogP contribution < -0.4 is 5.32 Å². The summed E-state index contributed by atoms with van der Waals surface area (Å²) < 4.78 is 33.2. The van der Waals surface area contributed by atoms with E-state index in [-0.39, 0.29) is 17.4 Å². The third-order valence-electron chi connectivity index (χ3n) is 5.64. The zero-order chi connectivity index (χ0) is 27.3. The number of anilines is 1. The van der Waals surface area contributed by atoms with Gasteiger partial charge in [-0.15, -0.1) is 0 Å². The van der Waals surface area contributed by atoms with Crippen molar-refractivity contribution in [1.82, 2.24) is 14.4 Å². The normalized spacial score (nSPS) is 11.7. The van der Waals surface area contributed by atoms with Crippen molar-refractivity contribution in [3.8, 4) is 0 Å². The molecule has 4 aromatic rings. The molecule has 0 unspecified atom stereocenters. The summed E-state index contributed by atoms with van der Waals surface area (Å²) in [7, 11) is -4.00. The second-order valence-corrected chi connectivity index (χ2v) is 11.7. The van der Waals surface area contributed by atoms with Gasteiger partial charge in [0.2, 0.25) is 21.8 Å². The molecule has 0 bridgehead atoms. The summed E-state index contributed by atoms with van der Waals surface area (Å²) in [6, 6.07) is 19.9. The summed E-state index contributed by atoms with van der Waals surface area (Å²) in [6.07, 6.45) is 0.482. The van der Waals surface area contributed by atoms with Crippen molar-refractivity contribution in [3.63, 3.8) is 0 Å². The van der Waals surface area contributed by atoms with E-state index in [2.05, 4.69) is 15.5 Å². The molecule has 0 aliphatic rings. The van der Waals surface area contributed by atoms with Crippen LogP contribution in [0.5, 0.6) is 0 Å². The van der Waals surface area contributed by atoms with Crippen molar-refractivity contribution in [1.29, 1.82) is 0 Å². The highest BCUT2D eigenvalue weighted by atomic mass is 35.5. The van der Waals surface area contributed by atoms with Gasteiger partial charge in [0.05, 0.1) is 11.4 Å². The molecule has 1 amide bonds. The number of carbonyl (C=O) groups excluding carboxylic acids is 1. The number of nitrogens with zero attached hydrogens (tertiary/aromatic N) is 3. The first-order valence-corrected chi connectivity index (χ1v) is 14.0. The Bertz CT molecular complexity index is 1510. The summed E-state index contributed by atoms with van der Waals surface area (Å²) >= 11 is 12.3. The molecule has 1 aromatic heterocycles. The van der Waals surface area contributed by atoms with Crippen LogP contribution in [0.4, 0.5) is 5.69 Å². The Labute approximate surface area is 231 Å². The molecular weight excluding hydrogens is 547 g/mol. The summed E-state index contributed by atoms with van der Waals surface area (Å²) in [5, 5.41) is 7.50. The van der Waals surface area contributed by atoms with E-state index in [4.69, 9.17) is 27.7 Å². The molecule has 0 atom stereocenters. The maximum absolute atomic E-state index is 13.4. The van der Waals surface area contributed by atoms with E-state index in [9.17, 15) is 13.2 Å². The lowest BCUT2D eigenvalue weighted by Crippen LogP contribution is -2.37. The van der Waals surface area contributed by atoms with Crippen LogP contribution >= 0.6 is 23.2 Å². The molecule has 0 saturated heterocycles. The van der Waals surface area contributed by atoms with E-state index in [1.165, 1.54) is 18.2 Å². The highest BCUT2D eigenvalue weighted by molar-refractivity contribution is 7.89. The molecule has 1 N–H and O–H groups in total. The average Bonchev–Trinajstić information content (AvgIpc) is 3.36. The Morgan fingerprint density at radius 3 is 2.37 bits per heavy atom. The fourth-order valence-corrected chi connectivity index (χ4v) is 5.49. The van der Waals surface area contributed by atoms with E-state index in [0.717, 1.165) is 9.87 Å². The Morgan fingerprint density at radius 1 is 1.03 bits per heavy atom. The molecule has 0 aliphatic carbocycles. The summed E-state index contributed by atoms with van der Waals surface area (Å²) in [5.41, 5.74) is 1.98. The molecule has 198 valence electrons. The van der Waals surface area contributed by atoms with Gasteiger partial charge in [0, 0.05) is 34.6 Å². The quantitative estimate of drug-likeness (QED) is 0.253. The SMILES string of the molecule is CC(C)c1nc(Cc2ccc(NC(=O)CN(Cc3ccc(Cl)cc3Cl)S(=O)(=O)c3ccccc3)cc2)no1. The molecular formula is C27H26Cl2N4O4S. The van der Waals surface area contributed by atoms with Crippen molar-refractivity contribution in [2.24, 2.45) is 0 Å². The number of rotatable bonds is 10. The Morgan fingerprint density at radius 2 is 1.74 bits per heavy atom. The number of nitrogens with one attached hydrogen (secondary N) is 1. The van der Waals surface area contributed by atoms with Crippen molar-refractivity contribution in [3.05, 3.63) is 106 Å². The molecule has 3 aromatic carbocycles. The second-order valence-electron chi connectivity index (χ2n) is 8.95. The third-order valence-corrected chi connectivity index (χ3v) is 8.03. The van der Waals surface area contributed by atoms with E-state index in [1.807, 2.05) is 26.0 Å². The number of amides is 1. The van der Waals surface area contributed by atoms with Crippen LogP contribution in [0.15, 0.2) is 82.2 Å². The third kappa shape index (κ3) is 6.99. The van der Waals surface area contributed by atoms with Crippen LogP contribution in [-0.4, -0.2) is 35.3 Å². The second kappa shape index (κ2) is 12.1. The fraction of sp³-hybridized carbons (Fsp3) is 0.222. The van der Waals surface area contributed by atoms with Crippen molar-refractivity contribution < 1.29 is 17.7 Å². The number of hydrogen-bond acceptors (Lipinski definition) is 6. The van der Waals surface area contributed by atoms with Crippen molar-refractivity contribution in [2.75, 3.05) is 11.9 Å². The highest BCUT2D eigenvalue weighted by Crippen LogP contribution is 2.25. The zero-order valence-electron chi connectivity index (χ0n) is 20.8. The molecule has 38 heavy (non-hydrogen) atoms. The maximum atomic E-state index is 13.4. The van der Waals surface area contributed by atoms with Crippen molar-refractivity contribution >= 4 is 44.8 Å². The van der Waals surface area contributed by atoms with Crippen LogP contribution in [0.25, 0.3) is 0 Å². The largest absolute Gasteiger partial charge is 0.339 e. The molecule has 0 spiro atoms. The monoisotopic (exact) mass is 572 g/mol. The van der Waals surface area contributed by atoms with Gasteiger partial charge in [0.25, 0.3) is 0 Å². The molecule has 0 fully saturated rings. The summed E-state index contributed by atoms with van der Waals surface area (Å²) in [6.45, 7) is 3.43. The number of carbonyl (C=O) groups is 1. The summed E-state index contributed by atoms with van der Waals surface area (Å²) in [4.78, 5) is 17.4. The van der Waals surface area contributed by atoms with Gasteiger partial charge >= 0.3 is 0 Å². The number of benzene rings is 3. The number of sulfonamides is 1. The van der Waals surface area contributed by atoms with Gasteiger partial charge < -0.3 is 9.84 Å². The molecule has 0 radical (unpaired) electrons. The molecule has 8 nitrogen and oxygen atoms in total. The Hall–Kier alpha value is -3.24. The number of halogens is 2. The summed E-state index contributed by atoms with van der Waals surface area (Å²) in [5.74, 6) is 0.809. The van der Waals surface area contributed by atoms with Gasteiger partial charge in [-0.2, -0.15) is 9.29 Å². The van der Waals surface area contributed by atoms with E-state index < -0.39 is 22.5 Å². The first kappa shape index (κ1) is 27.8. The minimum atomic E-state index is -4.00. The lowest BCUT2D eigenvalue weighted by Gasteiger charge is -2.22. The Kier molecular flexibility index (Phi) is 8.83. The topological polar surface area (TPSA) is 105 Å². The zero-order valence-corrected chi connectivity index (χ0v) is 23.1. The smallest absolute Gasteiger partial charge is 0.243 e. The maximum Gasteiger partial charge on any atom is 0.243 e. The van der Waals surface area contributed by atoms with Gasteiger partial charge in [-0.25, -0.2) is 8.42 Å². The van der Waals surface area contributed by atoms with Gasteiger partial charge in [0.15, 0.2) is 5.82 Å². The number of aromatic nitrogens is 2. The Balaban J connectivity index is 1.48. The predicted octanol–water partition coefficient (Wildman–Crippen LogP) is 5.92. The fourth-order valence-electron chi connectivity index (χ4n) is 3.63. The minimum Gasteiger partial charge on any atom is -0.339 e. The average molecular weight is 574 g/mol.